The monoisotopic (exact) mass is 398 g/mol. The second kappa shape index (κ2) is 8.54. The number of ether oxygens (including phenoxy) is 1. The number of ketones is 1. The molecular formula is C22H22O5S. The lowest BCUT2D eigenvalue weighted by Crippen LogP contribution is -2.18. The Labute approximate surface area is 165 Å². The van der Waals surface area contributed by atoms with E-state index in [-0.39, 0.29) is 18.5 Å². The first-order valence-electron chi connectivity index (χ1n) is 8.97. The minimum absolute atomic E-state index is 0.0234. The van der Waals surface area contributed by atoms with Gasteiger partial charge >= 0.3 is 0 Å². The standard InChI is InChI=1S/C22H22O5S/c1-16(12-13-26-28(2,24)25)27-21-15-19-11-7-6-10-18(19)14-20(21)22(23)17-8-4-3-5-9-17/h3-11,14-16H,12-13H2,1-2H3. The molecule has 0 N–H and O–H groups in total. The summed E-state index contributed by atoms with van der Waals surface area (Å²) in [5.74, 6) is 0.348. The summed E-state index contributed by atoms with van der Waals surface area (Å²) >= 11 is 0. The number of carbonyl (C=O) groups excluding carboxylic acids is 1. The van der Waals surface area contributed by atoms with Gasteiger partial charge in [-0.05, 0) is 29.8 Å². The molecule has 0 spiro atoms. The highest BCUT2D eigenvalue weighted by atomic mass is 32.2. The van der Waals surface area contributed by atoms with Gasteiger partial charge in [0.2, 0.25) is 0 Å². The summed E-state index contributed by atoms with van der Waals surface area (Å²) in [6.45, 7) is 1.84. The lowest BCUT2D eigenvalue weighted by atomic mass is 9.98. The first kappa shape index (κ1) is 20.0. The van der Waals surface area contributed by atoms with Crippen molar-refractivity contribution in [2.24, 2.45) is 0 Å². The molecule has 0 amide bonds. The van der Waals surface area contributed by atoms with E-state index in [4.69, 9.17) is 8.92 Å². The zero-order valence-electron chi connectivity index (χ0n) is 15.8. The Bertz CT molecular complexity index is 1070. The molecule has 0 saturated carbocycles. The molecular weight excluding hydrogens is 376 g/mol. The Morgan fingerprint density at radius 1 is 0.964 bits per heavy atom. The molecule has 1 unspecified atom stereocenters. The van der Waals surface area contributed by atoms with Crippen LogP contribution in [0.25, 0.3) is 10.8 Å². The van der Waals surface area contributed by atoms with Crippen molar-refractivity contribution in [3.8, 4) is 5.75 Å². The van der Waals surface area contributed by atoms with Crippen LogP contribution in [0.4, 0.5) is 0 Å². The van der Waals surface area contributed by atoms with E-state index in [2.05, 4.69) is 0 Å². The highest BCUT2D eigenvalue weighted by Gasteiger charge is 2.18. The SMILES string of the molecule is CC(CCOS(C)(=O)=O)Oc1cc2ccccc2cc1C(=O)c1ccccc1. The fourth-order valence-corrected chi connectivity index (χ4v) is 3.28. The predicted octanol–water partition coefficient (Wildman–Crippen LogP) is 4.20. The highest BCUT2D eigenvalue weighted by Crippen LogP contribution is 2.29. The molecule has 28 heavy (non-hydrogen) atoms. The molecule has 0 aliphatic rings. The van der Waals surface area contributed by atoms with Crippen molar-refractivity contribution in [3.05, 3.63) is 77.9 Å². The Balaban J connectivity index is 1.90. The van der Waals surface area contributed by atoms with Crippen molar-refractivity contribution < 1.29 is 22.1 Å². The van der Waals surface area contributed by atoms with Crippen molar-refractivity contribution in [1.82, 2.24) is 0 Å². The number of carbonyl (C=O) groups is 1. The van der Waals surface area contributed by atoms with E-state index in [0.29, 0.717) is 23.3 Å². The molecule has 0 aliphatic carbocycles. The van der Waals surface area contributed by atoms with Crippen LogP contribution in [0.2, 0.25) is 0 Å². The first-order valence-corrected chi connectivity index (χ1v) is 10.8. The zero-order valence-corrected chi connectivity index (χ0v) is 16.6. The van der Waals surface area contributed by atoms with Crippen molar-refractivity contribution >= 4 is 26.7 Å². The summed E-state index contributed by atoms with van der Waals surface area (Å²) in [6.07, 6.45) is 1.06. The average Bonchev–Trinajstić information content (AvgIpc) is 2.66. The van der Waals surface area contributed by atoms with E-state index in [9.17, 15) is 13.2 Å². The molecule has 0 saturated heterocycles. The summed E-state index contributed by atoms with van der Waals surface area (Å²) in [4.78, 5) is 13.1. The molecule has 0 aliphatic heterocycles. The van der Waals surface area contributed by atoms with Crippen LogP contribution in [-0.4, -0.2) is 33.2 Å². The van der Waals surface area contributed by atoms with Crippen molar-refractivity contribution in [2.45, 2.75) is 19.4 Å². The molecule has 3 rings (SSSR count). The Morgan fingerprint density at radius 3 is 2.21 bits per heavy atom. The minimum Gasteiger partial charge on any atom is -0.490 e. The molecule has 0 heterocycles. The van der Waals surface area contributed by atoms with Gasteiger partial charge in [-0.25, -0.2) is 0 Å². The maximum atomic E-state index is 13.1. The second-order valence-corrected chi connectivity index (χ2v) is 8.28. The molecule has 6 heteroatoms. The summed E-state index contributed by atoms with van der Waals surface area (Å²) < 4.78 is 33.0. The lowest BCUT2D eigenvalue weighted by molar-refractivity contribution is 0.103. The molecule has 1 atom stereocenters. The van der Waals surface area contributed by atoms with Gasteiger partial charge in [-0.1, -0.05) is 54.6 Å². The summed E-state index contributed by atoms with van der Waals surface area (Å²) in [7, 11) is -3.49. The minimum atomic E-state index is -3.49. The smallest absolute Gasteiger partial charge is 0.264 e. The number of rotatable bonds is 8. The van der Waals surface area contributed by atoms with Crippen molar-refractivity contribution in [3.63, 3.8) is 0 Å². The second-order valence-electron chi connectivity index (χ2n) is 6.63. The largest absolute Gasteiger partial charge is 0.490 e. The van der Waals surface area contributed by atoms with Crippen LogP contribution in [0.3, 0.4) is 0 Å². The van der Waals surface area contributed by atoms with Gasteiger partial charge in [0.05, 0.1) is 24.5 Å². The third-order valence-electron chi connectivity index (χ3n) is 4.28. The fraction of sp³-hybridized carbons (Fsp3) is 0.227. The summed E-state index contributed by atoms with van der Waals surface area (Å²) in [6, 6.07) is 20.5. The molecule has 3 aromatic carbocycles. The van der Waals surface area contributed by atoms with E-state index in [1.807, 2.05) is 61.5 Å². The van der Waals surface area contributed by atoms with E-state index >= 15 is 0 Å². The average molecular weight is 398 g/mol. The van der Waals surface area contributed by atoms with Gasteiger partial charge in [0.1, 0.15) is 5.75 Å². The van der Waals surface area contributed by atoms with Crippen LogP contribution < -0.4 is 4.74 Å². The molecule has 0 fully saturated rings. The van der Waals surface area contributed by atoms with Gasteiger partial charge in [-0.3, -0.25) is 8.98 Å². The zero-order chi connectivity index (χ0) is 20.1. The summed E-state index contributed by atoms with van der Waals surface area (Å²) in [5.41, 5.74) is 1.05. The quantitative estimate of drug-likeness (QED) is 0.420. The van der Waals surface area contributed by atoms with E-state index in [1.54, 1.807) is 12.1 Å². The number of hydrogen-bond acceptors (Lipinski definition) is 5. The summed E-state index contributed by atoms with van der Waals surface area (Å²) in [5, 5.41) is 1.91. The van der Waals surface area contributed by atoms with Crippen molar-refractivity contribution in [2.75, 3.05) is 12.9 Å². The van der Waals surface area contributed by atoms with Gasteiger partial charge in [0.25, 0.3) is 10.1 Å². The normalized spacial score (nSPS) is 12.6. The lowest BCUT2D eigenvalue weighted by Gasteiger charge is -2.18. The van der Waals surface area contributed by atoms with Crippen LogP contribution in [0.15, 0.2) is 66.7 Å². The van der Waals surface area contributed by atoms with Gasteiger partial charge in [0, 0.05) is 12.0 Å². The maximum Gasteiger partial charge on any atom is 0.264 e. The van der Waals surface area contributed by atoms with E-state index in [1.165, 1.54) is 0 Å². The van der Waals surface area contributed by atoms with E-state index < -0.39 is 10.1 Å². The van der Waals surface area contributed by atoms with Crippen LogP contribution in [0, 0.1) is 0 Å². The topological polar surface area (TPSA) is 69.7 Å². The molecule has 3 aromatic rings. The Morgan fingerprint density at radius 2 is 1.57 bits per heavy atom. The van der Waals surface area contributed by atoms with Crippen LogP contribution >= 0.6 is 0 Å². The maximum absolute atomic E-state index is 13.1. The van der Waals surface area contributed by atoms with Gasteiger partial charge in [0.15, 0.2) is 5.78 Å². The Kier molecular flexibility index (Phi) is 6.11. The molecule has 146 valence electrons. The molecule has 5 nitrogen and oxygen atoms in total. The van der Waals surface area contributed by atoms with Crippen LogP contribution in [0.1, 0.15) is 29.3 Å². The first-order chi connectivity index (χ1) is 13.3. The number of hydrogen-bond donors (Lipinski definition) is 0. The predicted molar refractivity (Wildman–Crippen MR) is 109 cm³/mol. The van der Waals surface area contributed by atoms with Crippen LogP contribution in [0.5, 0.6) is 5.75 Å². The van der Waals surface area contributed by atoms with Gasteiger partial charge in [-0.2, -0.15) is 8.42 Å². The van der Waals surface area contributed by atoms with E-state index in [0.717, 1.165) is 17.0 Å². The fourth-order valence-electron chi connectivity index (χ4n) is 2.88. The highest BCUT2D eigenvalue weighted by molar-refractivity contribution is 7.85. The number of fused-ring (bicyclic) bond motifs is 1. The van der Waals surface area contributed by atoms with Crippen molar-refractivity contribution in [1.29, 1.82) is 0 Å². The number of benzene rings is 3. The van der Waals surface area contributed by atoms with Crippen LogP contribution in [-0.2, 0) is 14.3 Å². The molecule has 0 radical (unpaired) electrons. The molecule has 0 bridgehead atoms. The Hall–Kier alpha value is -2.70. The molecule has 0 aromatic heterocycles. The third kappa shape index (κ3) is 5.18. The third-order valence-corrected chi connectivity index (χ3v) is 4.87. The van der Waals surface area contributed by atoms with Gasteiger partial charge < -0.3 is 4.74 Å². The van der Waals surface area contributed by atoms with Gasteiger partial charge in [-0.15, -0.1) is 0 Å².